The third-order valence-electron chi connectivity index (χ3n) is 11.8. The van der Waals surface area contributed by atoms with E-state index in [1.165, 1.54) is 52.8 Å². The lowest BCUT2D eigenvalue weighted by atomic mass is 10.0. The molecule has 0 aliphatic carbocycles. The van der Waals surface area contributed by atoms with Gasteiger partial charge in [-0.15, -0.1) is 11.3 Å². The molecule has 4 aromatic heterocycles. The second-order valence-corrected chi connectivity index (χ2v) is 16.3. The first-order valence-electron chi connectivity index (χ1n) is 19.8. The number of furan rings is 1. The van der Waals surface area contributed by atoms with Crippen LogP contribution < -0.4 is 0 Å². The zero-order valence-corrected chi connectivity index (χ0v) is 32.2. The molecule has 0 saturated heterocycles. The van der Waals surface area contributed by atoms with Crippen LogP contribution in [0.25, 0.3) is 125 Å². The molecule has 13 aromatic rings. The predicted molar refractivity (Wildman–Crippen MR) is 246 cm³/mol. The van der Waals surface area contributed by atoms with Crippen LogP contribution in [0.4, 0.5) is 0 Å². The first-order valence-corrected chi connectivity index (χ1v) is 20.6. The van der Waals surface area contributed by atoms with Gasteiger partial charge in [0, 0.05) is 58.5 Å². The second kappa shape index (κ2) is 12.4. The molecule has 6 heteroatoms. The first-order chi connectivity index (χ1) is 29.2. The molecule has 0 saturated carbocycles. The van der Waals surface area contributed by atoms with E-state index in [-0.39, 0.29) is 0 Å². The molecule has 0 bridgehead atoms. The number of hydrogen-bond acceptors (Lipinski definition) is 5. The van der Waals surface area contributed by atoms with Gasteiger partial charge in [0.05, 0.1) is 16.6 Å². The fourth-order valence-corrected chi connectivity index (χ4v) is 10.2. The summed E-state index contributed by atoms with van der Waals surface area (Å²) in [5.41, 5.74) is 7.71. The van der Waals surface area contributed by atoms with Gasteiger partial charge in [0.25, 0.3) is 0 Å². The van der Waals surface area contributed by atoms with Gasteiger partial charge in [0.1, 0.15) is 11.2 Å². The molecule has 0 atom stereocenters. The molecule has 13 rings (SSSR count). The standard InChI is InChI=1S/C53H30N4OS/c1-2-11-32(12-3-1)51-54-52(35-22-25-39-38-16-7-9-20-47(38)59-48(39)29-35)56-53(55-51)41-18-10-17-40-49-42-30-36(24-21-31(42)23-26-46(49)58-50(40)41)57-44-19-8-6-15-37(44)43-27-33-13-4-5-14-34(33)28-45(43)57/h1-30H. The van der Waals surface area contributed by atoms with Crippen LogP contribution in [0, 0.1) is 0 Å². The van der Waals surface area contributed by atoms with Crippen LogP contribution in [0.15, 0.2) is 186 Å². The topological polar surface area (TPSA) is 56.7 Å². The lowest BCUT2D eigenvalue weighted by Crippen LogP contribution is -2.00. The predicted octanol–water partition coefficient (Wildman–Crippen LogP) is 14.5. The number of nitrogens with zero attached hydrogens (tertiary/aromatic N) is 4. The molecule has 59 heavy (non-hydrogen) atoms. The molecular weight excluding hydrogens is 741 g/mol. The molecular formula is C53H30N4OS. The summed E-state index contributed by atoms with van der Waals surface area (Å²) in [7, 11) is 0. The minimum absolute atomic E-state index is 0.567. The van der Waals surface area contributed by atoms with Gasteiger partial charge in [-0.3, -0.25) is 0 Å². The van der Waals surface area contributed by atoms with Gasteiger partial charge < -0.3 is 8.98 Å². The van der Waals surface area contributed by atoms with E-state index in [0.29, 0.717) is 17.5 Å². The molecule has 5 nitrogen and oxygen atoms in total. The summed E-state index contributed by atoms with van der Waals surface area (Å²) in [5, 5.41) is 11.8. The third kappa shape index (κ3) is 4.94. The van der Waals surface area contributed by atoms with E-state index in [2.05, 4.69) is 156 Å². The number of hydrogen-bond donors (Lipinski definition) is 0. The fourth-order valence-electron chi connectivity index (χ4n) is 9.06. The Hall–Kier alpha value is -7.67. The van der Waals surface area contributed by atoms with E-state index in [4.69, 9.17) is 19.4 Å². The summed E-state index contributed by atoms with van der Waals surface area (Å²) >= 11 is 1.79. The van der Waals surface area contributed by atoms with E-state index in [1.54, 1.807) is 11.3 Å². The van der Waals surface area contributed by atoms with Crippen molar-refractivity contribution < 1.29 is 4.42 Å². The van der Waals surface area contributed by atoms with Crippen LogP contribution in [-0.4, -0.2) is 19.5 Å². The average molecular weight is 771 g/mol. The molecule has 0 unspecified atom stereocenters. The van der Waals surface area contributed by atoms with Crippen molar-refractivity contribution in [1.29, 1.82) is 0 Å². The Morgan fingerprint density at radius 1 is 0.407 bits per heavy atom. The molecule has 0 spiro atoms. The quantitative estimate of drug-likeness (QED) is 0.179. The Morgan fingerprint density at radius 3 is 2.02 bits per heavy atom. The number of rotatable bonds is 4. The van der Waals surface area contributed by atoms with Gasteiger partial charge >= 0.3 is 0 Å². The maximum absolute atomic E-state index is 6.84. The van der Waals surface area contributed by atoms with Crippen LogP contribution in [-0.2, 0) is 0 Å². The summed E-state index contributed by atoms with van der Waals surface area (Å²) < 4.78 is 11.7. The van der Waals surface area contributed by atoms with Crippen LogP contribution in [0.2, 0.25) is 0 Å². The van der Waals surface area contributed by atoms with Gasteiger partial charge in [0.15, 0.2) is 17.5 Å². The zero-order chi connectivity index (χ0) is 38.6. The minimum atomic E-state index is 0.567. The average Bonchev–Trinajstić information content (AvgIpc) is 3.97. The first kappa shape index (κ1) is 32.4. The van der Waals surface area contributed by atoms with Crippen LogP contribution >= 0.6 is 11.3 Å². The molecule has 274 valence electrons. The summed E-state index contributed by atoms with van der Waals surface area (Å²) in [4.78, 5) is 15.4. The van der Waals surface area contributed by atoms with E-state index in [0.717, 1.165) is 55.1 Å². The normalized spacial score (nSPS) is 12.1. The SMILES string of the molecule is c1ccc(-c2nc(-c3ccc4c(c3)sc3ccccc34)nc(-c3cccc4c3oc3ccc5ccc(-n6c7ccccc7c7cc8ccccc8cc76)cc5c34)n2)cc1. The number of thiophene rings is 1. The highest BCUT2D eigenvalue weighted by Gasteiger charge is 2.21. The lowest BCUT2D eigenvalue weighted by molar-refractivity contribution is 0.670. The lowest BCUT2D eigenvalue weighted by Gasteiger charge is -2.10. The maximum atomic E-state index is 6.84. The molecule has 0 radical (unpaired) electrons. The number of aromatic nitrogens is 4. The molecule has 4 heterocycles. The van der Waals surface area contributed by atoms with Crippen molar-refractivity contribution in [3.05, 3.63) is 182 Å². The summed E-state index contributed by atoms with van der Waals surface area (Å²) in [6.45, 7) is 0. The Morgan fingerprint density at radius 2 is 1.12 bits per heavy atom. The van der Waals surface area contributed by atoms with Gasteiger partial charge in [-0.05, 0) is 76.1 Å². The van der Waals surface area contributed by atoms with Crippen molar-refractivity contribution in [2.75, 3.05) is 0 Å². The summed E-state index contributed by atoms with van der Waals surface area (Å²) in [6.07, 6.45) is 0. The highest BCUT2D eigenvalue weighted by Crippen LogP contribution is 2.42. The number of para-hydroxylation sites is 2. The van der Waals surface area contributed by atoms with E-state index in [9.17, 15) is 0 Å². The van der Waals surface area contributed by atoms with Gasteiger partial charge in [0.2, 0.25) is 0 Å². The maximum Gasteiger partial charge on any atom is 0.167 e. The van der Waals surface area contributed by atoms with Gasteiger partial charge in [-0.1, -0.05) is 127 Å². The minimum Gasteiger partial charge on any atom is -0.455 e. The van der Waals surface area contributed by atoms with Crippen LogP contribution in [0.3, 0.4) is 0 Å². The summed E-state index contributed by atoms with van der Waals surface area (Å²) in [6, 6.07) is 64.5. The van der Waals surface area contributed by atoms with Gasteiger partial charge in [-0.25, -0.2) is 15.0 Å². The molecule has 0 fully saturated rings. The van der Waals surface area contributed by atoms with Crippen molar-refractivity contribution in [2.45, 2.75) is 0 Å². The Balaban J connectivity index is 1.02. The molecule has 0 amide bonds. The van der Waals surface area contributed by atoms with Crippen LogP contribution in [0.5, 0.6) is 0 Å². The van der Waals surface area contributed by atoms with Crippen molar-refractivity contribution in [3.63, 3.8) is 0 Å². The third-order valence-corrected chi connectivity index (χ3v) is 12.9. The van der Waals surface area contributed by atoms with E-state index < -0.39 is 0 Å². The Labute approximate surface area is 341 Å². The zero-order valence-electron chi connectivity index (χ0n) is 31.4. The largest absolute Gasteiger partial charge is 0.455 e. The van der Waals surface area contributed by atoms with Gasteiger partial charge in [-0.2, -0.15) is 0 Å². The molecule has 0 N–H and O–H groups in total. The van der Waals surface area contributed by atoms with Crippen molar-refractivity contribution in [1.82, 2.24) is 19.5 Å². The molecule has 0 aliphatic heterocycles. The highest BCUT2D eigenvalue weighted by molar-refractivity contribution is 7.25. The Kier molecular flexibility index (Phi) is 6.82. The van der Waals surface area contributed by atoms with Crippen molar-refractivity contribution in [2.24, 2.45) is 0 Å². The smallest absolute Gasteiger partial charge is 0.167 e. The monoisotopic (exact) mass is 770 g/mol. The molecule has 9 aromatic carbocycles. The van der Waals surface area contributed by atoms with E-state index in [1.807, 2.05) is 30.3 Å². The molecule has 0 aliphatic rings. The van der Waals surface area contributed by atoms with Crippen molar-refractivity contribution >= 4 is 96.8 Å². The highest BCUT2D eigenvalue weighted by atomic mass is 32.1. The van der Waals surface area contributed by atoms with Crippen molar-refractivity contribution in [3.8, 4) is 39.9 Å². The second-order valence-electron chi connectivity index (χ2n) is 15.2. The Bertz CT molecular complexity index is 3860. The van der Waals surface area contributed by atoms with E-state index >= 15 is 0 Å². The summed E-state index contributed by atoms with van der Waals surface area (Å²) in [5.74, 6) is 1.80. The van der Waals surface area contributed by atoms with Crippen LogP contribution in [0.1, 0.15) is 0 Å². The number of benzene rings is 9. The number of fused-ring (bicyclic) bond motifs is 12. The fraction of sp³-hybridized carbons (Fsp3) is 0.